The van der Waals surface area contributed by atoms with E-state index in [-0.39, 0.29) is 18.4 Å². The van der Waals surface area contributed by atoms with E-state index in [2.05, 4.69) is 16.1 Å². The first kappa shape index (κ1) is 16.5. The van der Waals surface area contributed by atoms with Crippen molar-refractivity contribution in [3.8, 4) is 12.3 Å². The van der Waals surface area contributed by atoms with Crippen LogP contribution in [-0.2, 0) is 16.0 Å². The van der Waals surface area contributed by atoms with Crippen molar-refractivity contribution in [2.75, 3.05) is 39.3 Å². The maximum Gasteiger partial charge on any atom is 0.234 e. The number of carbonyl (C=O) groups excluding carboxylic acids is 2. The van der Waals surface area contributed by atoms with E-state index < -0.39 is 0 Å². The molecule has 0 unspecified atom stereocenters. The van der Waals surface area contributed by atoms with E-state index in [9.17, 15) is 9.59 Å². The second-order valence-corrected chi connectivity index (χ2v) is 6.28. The minimum Gasteiger partial charge on any atom is -0.344 e. The number of carbonyl (C=O) groups is 2. The largest absolute Gasteiger partial charge is 0.344 e. The first-order valence-corrected chi connectivity index (χ1v) is 8.29. The molecule has 1 aromatic heterocycles. The summed E-state index contributed by atoms with van der Waals surface area (Å²) in [5, 5.41) is 4.66. The summed E-state index contributed by atoms with van der Waals surface area (Å²) in [5.41, 5.74) is 0. The molecular formula is C16H21N3O2S. The Bertz CT molecular complexity index is 536. The molecule has 118 valence electrons. The third kappa shape index (κ3) is 5.17. The normalized spacial score (nSPS) is 15.9. The number of nitrogens with one attached hydrogen (secondary N) is 1. The van der Waals surface area contributed by atoms with Gasteiger partial charge >= 0.3 is 0 Å². The van der Waals surface area contributed by atoms with E-state index >= 15 is 0 Å². The predicted octanol–water partition coefficient (Wildman–Crippen LogP) is 0.574. The number of nitrogens with zero attached hydrogens (tertiary/aromatic N) is 2. The van der Waals surface area contributed by atoms with Crippen LogP contribution in [0.3, 0.4) is 0 Å². The molecule has 1 aliphatic heterocycles. The molecule has 2 rings (SSSR count). The molecular weight excluding hydrogens is 298 g/mol. The Labute approximate surface area is 135 Å². The fraction of sp³-hybridized carbons (Fsp3) is 0.500. The van der Waals surface area contributed by atoms with E-state index in [4.69, 9.17) is 6.42 Å². The highest BCUT2D eigenvalue weighted by Gasteiger charge is 2.20. The third-order valence-electron chi connectivity index (χ3n) is 3.60. The SMILES string of the molecule is C#CCNC(=O)CN1CCCN(C(=O)Cc2cccs2)CC1. The Morgan fingerprint density at radius 2 is 2.18 bits per heavy atom. The van der Waals surface area contributed by atoms with Gasteiger partial charge in [-0.2, -0.15) is 0 Å². The van der Waals surface area contributed by atoms with Gasteiger partial charge in [0.05, 0.1) is 19.5 Å². The van der Waals surface area contributed by atoms with E-state index in [0.717, 1.165) is 30.9 Å². The fourth-order valence-electron chi connectivity index (χ4n) is 2.46. The second kappa shape index (κ2) is 8.57. The predicted molar refractivity (Wildman–Crippen MR) is 87.5 cm³/mol. The maximum atomic E-state index is 12.3. The Morgan fingerprint density at radius 1 is 1.32 bits per heavy atom. The molecule has 22 heavy (non-hydrogen) atoms. The molecule has 0 spiro atoms. The molecule has 1 fully saturated rings. The topological polar surface area (TPSA) is 52.7 Å². The van der Waals surface area contributed by atoms with E-state index in [1.165, 1.54) is 0 Å². The summed E-state index contributed by atoms with van der Waals surface area (Å²) < 4.78 is 0. The van der Waals surface area contributed by atoms with Crippen LogP contribution in [0.4, 0.5) is 0 Å². The van der Waals surface area contributed by atoms with Gasteiger partial charge in [-0.25, -0.2) is 0 Å². The van der Waals surface area contributed by atoms with Crippen molar-refractivity contribution < 1.29 is 9.59 Å². The molecule has 2 amide bonds. The first-order valence-electron chi connectivity index (χ1n) is 7.41. The van der Waals surface area contributed by atoms with Gasteiger partial charge in [0.25, 0.3) is 0 Å². The van der Waals surface area contributed by atoms with Gasteiger partial charge in [-0.15, -0.1) is 17.8 Å². The second-order valence-electron chi connectivity index (χ2n) is 5.25. The summed E-state index contributed by atoms with van der Waals surface area (Å²) in [5.74, 6) is 2.50. The Hall–Kier alpha value is -1.84. The fourth-order valence-corrected chi connectivity index (χ4v) is 3.16. The molecule has 0 saturated carbocycles. The van der Waals surface area contributed by atoms with Crippen LogP contribution in [0.15, 0.2) is 17.5 Å². The Morgan fingerprint density at radius 3 is 2.91 bits per heavy atom. The summed E-state index contributed by atoms with van der Waals surface area (Å²) in [6.45, 7) is 3.58. The summed E-state index contributed by atoms with van der Waals surface area (Å²) >= 11 is 1.61. The lowest BCUT2D eigenvalue weighted by Crippen LogP contribution is -2.40. The molecule has 0 bridgehead atoms. The van der Waals surface area contributed by atoms with Crippen molar-refractivity contribution >= 4 is 23.2 Å². The summed E-state index contributed by atoms with van der Waals surface area (Å²) in [6.07, 6.45) is 6.48. The zero-order valence-electron chi connectivity index (χ0n) is 12.6. The van der Waals surface area contributed by atoms with E-state index in [0.29, 0.717) is 19.5 Å². The minimum absolute atomic E-state index is 0.0590. The Kier molecular flexibility index (Phi) is 6.44. The summed E-state index contributed by atoms with van der Waals surface area (Å²) in [4.78, 5) is 29.1. The van der Waals surface area contributed by atoms with Gasteiger partial charge in [-0.1, -0.05) is 12.0 Å². The highest BCUT2D eigenvalue weighted by atomic mass is 32.1. The summed E-state index contributed by atoms with van der Waals surface area (Å²) in [7, 11) is 0. The Balaban J connectivity index is 1.78. The lowest BCUT2D eigenvalue weighted by molar-refractivity contribution is -0.130. The van der Waals surface area contributed by atoms with Gasteiger partial charge in [0.2, 0.25) is 11.8 Å². The smallest absolute Gasteiger partial charge is 0.234 e. The van der Waals surface area contributed by atoms with Gasteiger partial charge in [0.1, 0.15) is 0 Å². The van der Waals surface area contributed by atoms with Crippen molar-refractivity contribution in [3.63, 3.8) is 0 Å². The van der Waals surface area contributed by atoms with Crippen molar-refractivity contribution in [3.05, 3.63) is 22.4 Å². The zero-order valence-corrected chi connectivity index (χ0v) is 13.4. The number of terminal acetylenes is 1. The average molecular weight is 319 g/mol. The molecule has 2 heterocycles. The lowest BCUT2D eigenvalue weighted by atomic mass is 10.3. The van der Waals surface area contributed by atoms with Crippen LogP contribution in [0, 0.1) is 12.3 Å². The van der Waals surface area contributed by atoms with Crippen LogP contribution in [0.1, 0.15) is 11.3 Å². The molecule has 1 aliphatic rings. The monoisotopic (exact) mass is 319 g/mol. The number of hydrogen-bond acceptors (Lipinski definition) is 4. The quantitative estimate of drug-likeness (QED) is 0.808. The van der Waals surface area contributed by atoms with Crippen LogP contribution in [-0.4, -0.2) is 60.9 Å². The van der Waals surface area contributed by atoms with Crippen LogP contribution < -0.4 is 5.32 Å². The molecule has 1 saturated heterocycles. The van der Waals surface area contributed by atoms with E-state index in [1.54, 1.807) is 11.3 Å². The number of rotatable bonds is 5. The van der Waals surface area contributed by atoms with Crippen LogP contribution >= 0.6 is 11.3 Å². The molecule has 0 atom stereocenters. The van der Waals surface area contributed by atoms with Crippen molar-refractivity contribution in [1.29, 1.82) is 0 Å². The number of hydrogen-bond donors (Lipinski definition) is 1. The van der Waals surface area contributed by atoms with Gasteiger partial charge in [-0.05, 0) is 17.9 Å². The molecule has 1 aromatic rings. The van der Waals surface area contributed by atoms with Crippen molar-refractivity contribution in [2.45, 2.75) is 12.8 Å². The molecule has 0 aliphatic carbocycles. The molecule has 1 N–H and O–H groups in total. The van der Waals surface area contributed by atoms with Gasteiger partial charge in [-0.3, -0.25) is 14.5 Å². The van der Waals surface area contributed by atoms with Gasteiger partial charge in [0, 0.05) is 31.1 Å². The first-order chi connectivity index (χ1) is 10.7. The van der Waals surface area contributed by atoms with Crippen molar-refractivity contribution in [2.24, 2.45) is 0 Å². The summed E-state index contributed by atoms with van der Waals surface area (Å²) in [6, 6.07) is 3.95. The van der Waals surface area contributed by atoms with Crippen LogP contribution in [0.25, 0.3) is 0 Å². The third-order valence-corrected chi connectivity index (χ3v) is 4.48. The lowest BCUT2D eigenvalue weighted by Gasteiger charge is -2.21. The standard InChI is InChI=1S/C16H21N3O2S/c1-2-6-17-15(20)13-18-7-4-8-19(10-9-18)16(21)12-14-5-3-11-22-14/h1,3,5,11H,4,6-10,12-13H2,(H,17,20). The van der Waals surface area contributed by atoms with Gasteiger partial charge in [0.15, 0.2) is 0 Å². The zero-order chi connectivity index (χ0) is 15.8. The highest BCUT2D eigenvalue weighted by molar-refractivity contribution is 7.10. The maximum absolute atomic E-state index is 12.3. The van der Waals surface area contributed by atoms with E-state index in [1.807, 2.05) is 22.4 Å². The molecule has 0 radical (unpaired) electrons. The van der Waals surface area contributed by atoms with Crippen LogP contribution in [0.2, 0.25) is 0 Å². The highest BCUT2D eigenvalue weighted by Crippen LogP contribution is 2.12. The average Bonchev–Trinajstić information content (AvgIpc) is 2.89. The van der Waals surface area contributed by atoms with Crippen molar-refractivity contribution in [1.82, 2.24) is 15.1 Å². The minimum atomic E-state index is -0.0590. The number of thiophene rings is 1. The number of amides is 2. The molecule has 5 nitrogen and oxygen atoms in total. The van der Waals surface area contributed by atoms with Gasteiger partial charge < -0.3 is 10.2 Å². The molecule has 0 aromatic carbocycles. The van der Waals surface area contributed by atoms with Crippen LogP contribution in [0.5, 0.6) is 0 Å². The molecule has 6 heteroatoms.